The molecule has 2 atom stereocenters. The lowest BCUT2D eigenvalue weighted by Crippen LogP contribution is -2.59. The third kappa shape index (κ3) is 3.07. The predicted octanol–water partition coefficient (Wildman–Crippen LogP) is 0.431. The molecule has 0 aromatic carbocycles. The van der Waals surface area contributed by atoms with E-state index in [1.165, 1.54) is 0 Å². The van der Waals surface area contributed by atoms with Crippen molar-refractivity contribution in [2.45, 2.75) is 32.7 Å². The van der Waals surface area contributed by atoms with Crippen LogP contribution in [0.15, 0.2) is 0 Å². The molecule has 1 heterocycles. The second-order valence-electron chi connectivity index (χ2n) is 4.90. The van der Waals surface area contributed by atoms with Gasteiger partial charge in [0, 0.05) is 12.6 Å². The molecule has 2 unspecified atom stereocenters. The minimum absolute atomic E-state index is 0.0511. The fraction of sp³-hybridized carbons (Fsp3) is 0.750. The molecule has 1 aliphatic heterocycles. The van der Waals surface area contributed by atoms with Crippen LogP contribution in [0.4, 0.5) is 4.79 Å². The number of imide groups is 2. The van der Waals surface area contributed by atoms with Crippen LogP contribution in [0.3, 0.4) is 0 Å². The van der Waals surface area contributed by atoms with Crippen molar-refractivity contribution >= 4 is 17.8 Å². The van der Waals surface area contributed by atoms with E-state index >= 15 is 0 Å². The van der Waals surface area contributed by atoms with Gasteiger partial charge in [-0.25, -0.2) is 4.79 Å². The lowest BCUT2D eigenvalue weighted by atomic mass is 9.99. The largest absolute Gasteiger partial charge is 0.330 e. The van der Waals surface area contributed by atoms with Crippen LogP contribution in [0.25, 0.3) is 0 Å². The fourth-order valence-electron chi connectivity index (χ4n) is 1.80. The Kier molecular flexibility index (Phi) is 4.84. The van der Waals surface area contributed by atoms with Crippen molar-refractivity contribution < 1.29 is 14.4 Å². The first-order valence-corrected chi connectivity index (χ1v) is 6.21. The molecule has 1 rings (SSSR count). The molecule has 6 heteroatoms. The summed E-state index contributed by atoms with van der Waals surface area (Å²) in [5.74, 6) is -1.57. The molecule has 0 aromatic heterocycles. The number of urea groups is 1. The van der Waals surface area contributed by atoms with Crippen LogP contribution in [0.5, 0.6) is 0 Å². The summed E-state index contributed by atoms with van der Waals surface area (Å²) in [5, 5.41) is 2.25. The topological polar surface area (TPSA) is 69.7 Å². The van der Waals surface area contributed by atoms with Gasteiger partial charge in [0.25, 0.3) is 0 Å². The summed E-state index contributed by atoms with van der Waals surface area (Å²) in [7, 11) is 3.76. The molecule has 1 aliphatic rings. The van der Waals surface area contributed by atoms with Crippen LogP contribution in [0.2, 0.25) is 0 Å². The van der Waals surface area contributed by atoms with E-state index in [2.05, 4.69) is 5.32 Å². The maximum absolute atomic E-state index is 12.1. The Morgan fingerprint density at radius 3 is 2.44 bits per heavy atom. The number of nitrogens with zero attached hydrogens (tertiary/aromatic N) is 2. The molecule has 0 bridgehead atoms. The average molecular weight is 255 g/mol. The molecular formula is C12H21N3O3. The summed E-state index contributed by atoms with van der Waals surface area (Å²) in [6, 6.07) is -0.554. The molecule has 1 saturated heterocycles. The Morgan fingerprint density at radius 2 is 1.94 bits per heavy atom. The minimum atomic E-state index is -0.720. The van der Waals surface area contributed by atoms with Gasteiger partial charge in [0.2, 0.25) is 11.8 Å². The Hall–Kier alpha value is -1.43. The Balaban J connectivity index is 2.80. The van der Waals surface area contributed by atoms with Gasteiger partial charge in [0.05, 0.1) is 0 Å². The first kappa shape index (κ1) is 14.6. The Labute approximate surface area is 107 Å². The van der Waals surface area contributed by atoms with Gasteiger partial charge in [-0.05, 0) is 27.4 Å². The number of hydrogen-bond donors (Lipinski definition) is 1. The average Bonchev–Trinajstić information content (AvgIpc) is 2.29. The molecule has 0 saturated carbocycles. The van der Waals surface area contributed by atoms with E-state index in [1.54, 1.807) is 0 Å². The highest BCUT2D eigenvalue weighted by Crippen LogP contribution is 2.16. The van der Waals surface area contributed by atoms with Crippen molar-refractivity contribution in [2.75, 3.05) is 20.6 Å². The second-order valence-corrected chi connectivity index (χ2v) is 4.90. The van der Waals surface area contributed by atoms with Crippen LogP contribution in [-0.2, 0) is 9.59 Å². The number of nitrogens with one attached hydrogen (secondary N) is 1. The monoisotopic (exact) mass is 255 g/mol. The zero-order chi connectivity index (χ0) is 13.9. The number of carbonyl (C=O) groups is 3. The SMILES string of the molecule is CCCC1C(=O)NC(=O)N(CC(C)N(C)C)C1=O. The maximum atomic E-state index is 12.1. The normalized spacial score (nSPS) is 22.4. The summed E-state index contributed by atoms with van der Waals surface area (Å²) < 4.78 is 0. The van der Waals surface area contributed by atoms with Gasteiger partial charge in [-0.3, -0.25) is 19.8 Å². The quantitative estimate of drug-likeness (QED) is 0.723. The molecule has 1 N–H and O–H groups in total. The lowest BCUT2D eigenvalue weighted by molar-refractivity contribution is -0.143. The zero-order valence-corrected chi connectivity index (χ0v) is 11.4. The summed E-state index contributed by atoms with van der Waals surface area (Å²) >= 11 is 0. The number of amides is 4. The second kappa shape index (κ2) is 5.95. The molecule has 18 heavy (non-hydrogen) atoms. The van der Waals surface area contributed by atoms with Gasteiger partial charge in [-0.2, -0.15) is 0 Å². The number of hydrogen-bond acceptors (Lipinski definition) is 4. The van der Waals surface area contributed by atoms with Gasteiger partial charge in [-0.1, -0.05) is 13.3 Å². The number of barbiturate groups is 1. The summed E-state index contributed by atoms with van der Waals surface area (Å²) in [6.45, 7) is 4.13. The molecule has 0 radical (unpaired) electrons. The van der Waals surface area contributed by atoms with E-state index in [9.17, 15) is 14.4 Å². The van der Waals surface area contributed by atoms with E-state index < -0.39 is 17.9 Å². The van der Waals surface area contributed by atoms with Crippen molar-refractivity contribution in [1.82, 2.24) is 15.1 Å². The molecule has 4 amide bonds. The van der Waals surface area contributed by atoms with Crippen LogP contribution in [0.1, 0.15) is 26.7 Å². The number of carbonyl (C=O) groups excluding carboxylic acids is 3. The van der Waals surface area contributed by atoms with Crippen molar-refractivity contribution in [2.24, 2.45) is 5.92 Å². The Bertz CT molecular complexity index is 354. The molecule has 0 aliphatic carbocycles. The van der Waals surface area contributed by atoms with Crippen LogP contribution < -0.4 is 5.32 Å². The molecule has 102 valence electrons. The van der Waals surface area contributed by atoms with Crippen molar-refractivity contribution in [1.29, 1.82) is 0 Å². The molecular weight excluding hydrogens is 234 g/mol. The first-order chi connectivity index (χ1) is 8.38. The van der Waals surface area contributed by atoms with Crippen LogP contribution in [-0.4, -0.2) is 54.3 Å². The van der Waals surface area contributed by atoms with E-state index in [-0.39, 0.29) is 11.9 Å². The molecule has 6 nitrogen and oxygen atoms in total. The summed E-state index contributed by atoms with van der Waals surface area (Å²) in [6.07, 6.45) is 1.21. The highest BCUT2D eigenvalue weighted by molar-refractivity contribution is 6.16. The third-order valence-electron chi connectivity index (χ3n) is 3.26. The molecule has 1 fully saturated rings. The lowest BCUT2D eigenvalue weighted by Gasteiger charge is -2.33. The standard InChI is InChI=1S/C12H21N3O3/c1-5-6-9-10(16)13-12(18)15(11(9)17)7-8(2)14(3)4/h8-9H,5-7H2,1-4H3,(H,13,16,18). The van der Waals surface area contributed by atoms with Gasteiger partial charge in [-0.15, -0.1) is 0 Å². The number of rotatable bonds is 5. The van der Waals surface area contributed by atoms with E-state index in [1.807, 2.05) is 32.8 Å². The van der Waals surface area contributed by atoms with Crippen molar-refractivity contribution in [3.05, 3.63) is 0 Å². The summed E-state index contributed by atoms with van der Waals surface area (Å²) in [4.78, 5) is 38.4. The third-order valence-corrected chi connectivity index (χ3v) is 3.26. The van der Waals surface area contributed by atoms with Crippen LogP contribution in [0, 0.1) is 5.92 Å². The van der Waals surface area contributed by atoms with E-state index in [0.717, 1.165) is 11.3 Å². The first-order valence-electron chi connectivity index (χ1n) is 6.21. The zero-order valence-electron chi connectivity index (χ0n) is 11.4. The highest BCUT2D eigenvalue weighted by Gasteiger charge is 2.40. The predicted molar refractivity (Wildman–Crippen MR) is 66.8 cm³/mol. The molecule has 0 aromatic rings. The van der Waals surface area contributed by atoms with Gasteiger partial charge in [0.1, 0.15) is 5.92 Å². The van der Waals surface area contributed by atoms with Crippen LogP contribution >= 0.6 is 0 Å². The smallest absolute Gasteiger partial charge is 0.305 e. The van der Waals surface area contributed by atoms with Gasteiger partial charge < -0.3 is 4.90 Å². The fourth-order valence-corrected chi connectivity index (χ4v) is 1.80. The minimum Gasteiger partial charge on any atom is -0.305 e. The summed E-state index contributed by atoms with van der Waals surface area (Å²) in [5.41, 5.74) is 0. The Morgan fingerprint density at radius 1 is 1.33 bits per heavy atom. The van der Waals surface area contributed by atoms with E-state index in [0.29, 0.717) is 13.0 Å². The van der Waals surface area contributed by atoms with Crippen molar-refractivity contribution in [3.8, 4) is 0 Å². The maximum Gasteiger partial charge on any atom is 0.330 e. The van der Waals surface area contributed by atoms with E-state index in [4.69, 9.17) is 0 Å². The highest BCUT2D eigenvalue weighted by atomic mass is 16.2. The number of likely N-dealkylation sites (N-methyl/N-ethyl adjacent to an activating group) is 1. The van der Waals surface area contributed by atoms with Crippen molar-refractivity contribution in [3.63, 3.8) is 0 Å². The van der Waals surface area contributed by atoms with Gasteiger partial charge >= 0.3 is 6.03 Å². The molecule has 0 spiro atoms. The van der Waals surface area contributed by atoms with Gasteiger partial charge in [0.15, 0.2) is 0 Å².